The molecule has 178 valence electrons. The Bertz CT molecular complexity index is 1380. The van der Waals surface area contributed by atoms with Crippen LogP contribution in [0.1, 0.15) is 36.7 Å². The van der Waals surface area contributed by atoms with Crippen molar-refractivity contribution >= 4 is 38.4 Å². The van der Waals surface area contributed by atoms with Gasteiger partial charge in [0.2, 0.25) is 10.0 Å². The number of esters is 1. The minimum absolute atomic E-state index is 0.0596. The number of pyridine rings is 1. The van der Waals surface area contributed by atoms with Crippen molar-refractivity contribution < 1.29 is 22.7 Å². The molecule has 0 bridgehead atoms. The van der Waals surface area contributed by atoms with E-state index in [1.54, 1.807) is 24.3 Å². The minimum Gasteiger partial charge on any atom is -0.448 e. The number of carbonyl (C=O) groups is 2. The van der Waals surface area contributed by atoms with Gasteiger partial charge in [-0.2, -0.15) is 4.31 Å². The van der Waals surface area contributed by atoms with Gasteiger partial charge in [-0.1, -0.05) is 24.6 Å². The second-order valence-corrected chi connectivity index (χ2v) is 10.1. The molecular weight excluding hydrogens is 458 g/mol. The van der Waals surface area contributed by atoms with Crippen LogP contribution in [0, 0.1) is 0 Å². The summed E-state index contributed by atoms with van der Waals surface area (Å²) >= 11 is 0. The lowest BCUT2D eigenvalue weighted by molar-refractivity contribution is -0.123. The smallest absolute Gasteiger partial charge is 0.355 e. The number of amides is 1. The number of aromatic nitrogens is 1. The zero-order valence-corrected chi connectivity index (χ0v) is 19.4. The van der Waals surface area contributed by atoms with Crippen molar-refractivity contribution in [1.29, 1.82) is 0 Å². The molecular formula is C24H25N3O6S. The monoisotopic (exact) mass is 483 g/mol. The maximum atomic E-state index is 12.7. The second kappa shape index (κ2) is 9.78. The Kier molecular flexibility index (Phi) is 6.80. The first-order valence-electron chi connectivity index (χ1n) is 11.0. The van der Waals surface area contributed by atoms with Crippen molar-refractivity contribution in [2.75, 3.05) is 18.4 Å². The molecule has 0 unspecified atom stereocenters. The Morgan fingerprint density at radius 1 is 1.03 bits per heavy atom. The molecule has 1 atom stereocenters. The molecule has 0 saturated carbocycles. The van der Waals surface area contributed by atoms with Crippen LogP contribution in [0.25, 0.3) is 10.8 Å². The van der Waals surface area contributed by atoms with Crippen LogP contribution in [0.5, 0.6) is 0 Å². The maximum Gasteiger partial charge on any atom is 0.355 e. The van der Waals surface area contributed by atoms with Crippen LogP contribution < -0.4 is 10.9 Å². The number of fused-ring (bicyclic) bond motifs is 1. The van der Waals surface area contributed by atoms with Gasteiger partial charge in [-0.15, -0.1) is 0 Å². The number of H-pyrrole nitrogens is 1. The molecule has 1 aliphatic rings. The summed E-state index contributed by atoms with van der Waals surface area (Å²) in [7, 11) is -3.57. The maximum absolute atomic E-state index is 12.7. The van der Waals surface area contributed by atoms with E-state index in [0.717, 1.165) is 19.3 Å². The number of aromatic amines is 1. The predicted octanol–water partition coefficient (Wildman–Crippen LogP) is 2.89. The molecule has 9 nitrogen and oxygen atoms in total. The molecule has 4 rings (SSSR count). The molecule has 1 aliphatic heterocycles. The molecule has 0 spiro atoms. The lowest BCUT2D eigenvalue weighted by Gasteiger charge is -2.25. The summed E-state index contributed by atoms with van der Waals surface area (Å²) in [5.41, 5.74) is -0.123. The van der Waals surface area contributed by atoms with Crippen LogP contribution in [-0.4, -0.2) is 48.8 Å². The van der Waals surface area contributed by atoms with E-state index in [9.17, 15) is 22.8 Å². The van der Waals surface area contributed by atoms with Gasteiger partial charge >= 0.3 is 5.97 Å². The number of rotatable bonds is 6. The third-order valence-corrected chi connectivity index (χ3v) is 7.61. The summed E-state index contributed by atoms with van der Waals surface area (Å²) < 4.78 is 32.2. The zero-order chi connectivity index (χ0) is 24.3. The third-order valence-electron chi connectivity index (χ3n) is 5.70. The Morgan fingerprint density at radius 3 is 2.41 bits per heavy atom. The van der Waals surface area contributed by atoms with E-state index in [1.807, 2.05) is 0 Å². The number of ether oxygens (including phenoxy) is 1. The summed E-state index contributed by atoms with van der Waals surface area (Å²) in [6.45, 7) is 2.42. The van der Waals surface area contributed by atoms with E-state index in [2.05, 4.69) is 10.3 Å². The van der Waals surface area contributed by atoms with Crippen LogP contribution in [0.3, 0.4) is 0 Å². The number of nitrogens with one attached hydrogen (secondary N) is 2. The normalized spacial score (nSPS) is 15.6. The predicted molar refractivity (Wildman–Crippen MR) is 127 cm³/mol. The quantitative estimate of drug-likeness (QED) is 0.520. The van der Waals surface area contributed by atoms with Gasteiger partial charge in [-0.05, 0) is 61.5 Å². The van der Waals surface area contributed by atoms with Crippen LogP contribution >= 0.6 is 0 Å². The average molecular weight is 484 g/mol. The number of hydrogen-bond acceptors (Lipinski definition) is 6. The van der Waals surface area contributed by atoms with Gasteiger partial charge in [0.1, 0.15) is 5.69 Å². The Hall–Kier alpha value is -3.50. The summed E-state index contributed by atoms with van der Waals surface area (Å²) in [5.74, 6) is -1.43. The molecule has 1 amide bonds. The van der Waals surface area contributed by atoms with E-state index in [0.29, 0.717) is 29.5 Å². The molecule has 1 saturated heterocycles. The molecule has 10 heteroatoms. The highest BCUT2D eigenvalue weighted by atomic mass is 32.2. The number of piperidine rings is 1. The summed E-state index contributed by atoms with van der Waals surface area (Å²) in [6, 6.07) is 14.2. The fraction of sp³-hybridized carbons (Fsp3) is 0.292. The number of carbonyl (C=O) groups excluding carboxylic acids is 2. The van der Waals surface area contributed by atoms with Crippen LogP contribution in [0.15, 0.2) is 64.3 Å². The highest BCUT2D eigenvalue weighted by Crippen LogP contribution is 2.22. The molecule has 2 aromatic carbocycles. The lowest BCUT2D eigenvalue weighted by atomic mass is 10.1. The first-order chi connectivity index (χ1) is 16.3. The summed E-state index contributed by atoms with van der Waals surface area (Å²) in [6.07, 6.45) is 1.56. The van der Waals surface area contributed by atoms with Crippen molar-refractivity contribution in [3.05, 3.63) is 70.6 Å². The topological polar surface area (TPSA) is 126 Å². The van der Waals surface area contributed by atoms with Gasteiger partial charge in [0.05, 0.1) is 4.90 Å². The van der Waals surface area contributed by atoms with Crippen LogP contribution in [0.4, 0.5) is 5.69 Å². The standard InChI is InChI=1S/C24H25N3O6S/c1-16(33-24(30)21-15-17-7-3-4-8-20(17)23(29)26-21)22(28)25-18-9-11-19(12-10-18)34(31,32)27-13-5-2-6-14-27/h3-4,7-12,15-16H,2,5-6,13-14H2,1H3,(H,25,28)(H,26,29)/t16-/m0/s1. The van der Waals surface area contributed by atoms with Gasteiger partial charge in [0, 0.05) is 24.2 Å². The fourth-order valence-corrected chi connectivity index (χ4v) is 5.32. The van der Waals surface area contributed by atoms with Gasteiger partial charge in [0.25, 0.3) is 11.5 Å². The van der Waals surface area contributed by atoms with Crippen molar-refractivity contribution in [2.24, 2.45) is 0 Å². The van der Waals surface area contributed by atoms with Crippen molar-refractivity contribution in [3.8, 4) is 0 Å². The highest BCUT2D eigenvalue weighted by Gasteiger charge is 2.26. The molecule has 3 aromatic rings. The number of nitrogens with zero attached hydrogens (tertiary/aromatic N) is 1. The van der Waals surface area contributed by atoms with Gasteiger partial charge in [-0.25, -0.2) is 13.2 Å². The summed E-state index contributed by atoms with van der Waals surface area (Å²) in [4.78, 5) is 39.8. The molecule has 0 aliphatic carbocycles. The lowest BCUT2D eigenvalue weighted by Crippen LogP contribution is -2.35. The van der Waals surface area contributed by atoms with Crippen molar-refractivity contribution in [1.82, 2.24) is 9.29 Å². The first-order valence-corrected chi connectivity index (χ1v) is 12.4. The van der Waals surface area contributed by atoms with E-state index in [1.165, 1.54) is 41.6 Å². The Balaban J connectivity index is 1.40. The number of hydrogen-bond donors (Lipinski definition) is 2. The van der Waals surface area contributed by atoms with Crippen LogP contribution in [0.2, 0.25) is 0 Å². The third kappa shape index (κ3) is 5.02. The van der Waals surface area contributed by atoms with Gasteiger partial charge in [0.15, 0.2) is 6.10 Å². The Labute approximate surface area is 196 Å². The average Bonchev–Trinajstić information content (AvgIpc) is 2.84. The van der Waals surface area contributed by atoms with Gasteiger partial charge in [-0.3, -0.25) is 9.59 Å². The largest absolute Gasteiger partial charge is 0.448 e. The van der Waals surface area contributed by atoms with Crippen molar-refractivity contribution in [3.63, 3.8) is 0 Å². The second-order valence-electron chi connectivity index (χ2n) is 8.13. The van der Waals surface area contributed by atoms with Crippen molar-refractivity contribution in [2.45, 2.75) is 37.2 Å². The molecule has 2 heterocycles. The molecule has 34 heavy (non-hydrogen) atoms. The molecule has 1 aromatic heterocycles. The Morgan fingerprint density at radius 2 is 1.71 bits per heavy atom. The fourth-order valence-electron chi connectivity index (χ4n) is 3.81. The number of sulfonamides is 1. The van der Waals surface area contributed by atoms with E-state index >= 15 is 0 Å². The van der Waals surface area contributed by atoms with E-state index in [4.69, 9.17) is 4.74 Å². The SMILES string of the molecule is C[C@H](OC(=O)c1cc2ccccc2c(=O)[nH]1)C(=O)Nc1ccc(S(=O)(=O)N2CCCCC2)cc1. The zero-order valence-electron chi connectivity index (χ0n) is 18.6. The summed E-state index contributed by atoms with van der Waals surface area (Å²) in [5, 5.41) is 3.62. The number of benzene rings is 2. The minimum atomic E-state index is -3.57. The first kappa shape index (κ1) is 23.7. The molecule has 1 fully saturated rings. The van der Waals surface area contributed by atoms with Gasteiger partial charge < -0.3 is 15.0 Å². The molecule has 0 radical (unpaired) electrons. The van der Waals surface area contributed by atoms with E-state index in [-0.39, 0.29) is 10.6 Å². The van der Waals surface area contributed by atoms with E-state index < -0.39 is 33.6 Å². The number of anilines is 1. The van der Waals surface area contributed by atoms with Crippen LogP contribution in [-0.2, 0) is 19.6 Å². The highest BCUT2D eigenvalue weighted by molar-refractivity contribution is 7.89. The molecule has 2 N–H and O–H groups in total.